The molecule has 1 aromatic carbocycles. The van der Waals surface area contributed by atoms with Crippen molar-refractivity contribution in [2.45, 2.75) is 0 Å². The van der Waals surface area contributed by atoms with E-state index in [9.17, 15) is 0 Å². The molecule has 0 aliphatic rings. The van der Waals surface area contributed by atoms with E-state index < -0.39 is 23.0 Å². The van der Waals surface area contributed by atoms with Crippen molar-refractivity contribution in [1.82, 2.24) is 0 Å². The lowest BCUT2D eigenvalue weighted by molar-refractivity contribution is 0.371. The van der Waals surface area contributed by atoms with Gasteiger partial charge < -0.3 is 20.4 Å². The van der Waals surface area contributed by atoms with Gasteiger partial charge in [0.15, 0.2) is 23.0 Å². The van der Waals surface area contributed by atoms with Crippen LogP contribution in [0.3, 0.4) is 0 Å². The molecular weight excluding hydrogens is 136 g/mol. The molecule has 0 aliphatic heterocycles. The average molecular weight is 141 g/mol. The summed E-state index contributed by atoms with van der Waals surface area (Å²) < 4.78 is 0. The third-order valence-corrected chi connectivity index (χ3v) is 0.995. The Morgan fingerprint density at radius 2 is 1.30 bits per heavy atom. The fraction of sp³-hybridized carbons (Fsp3) is 0. The molecule has 0 aliphatic carbocycles. The number of phenolic OH excluding ortho intramolecular Hbond substituents is 4. The Hall–Kier alpha value is -1.58. The third-order valence-electron chi connectivity index (χ3n) is 0.995. The zero-order chi connectivity index (χ0) is 7.72. The Bertz CT molecular complexity index is 206. The molecule has 0 saturated carbocycles. The molecule has 0 bridgehead atoms. The van der Waals surface area contributed by atoms with Crippen LogP contribution in [-0.2, 0) is 0 Å². The highest BCUT2D eigenvalue weighted by atomic mass is 16.3. The molecule has 4 nitrogen and oxygen atoms in total. The monoisotopic (exact) mass is 141 g/mol. The fourth-order valence-electron chi connectivity index (χ4n) is 0.506. The van der Waals surface area contributed by atoms with Gasteiger partial charge >= 0.3 is 0 Å². The molecule has 0 saturated heterocycles. The first kappa shape index (κ1) is 6.54. The molecule has 4 heteroatoms. The first-order valence-electron chi connectivity index (χ1n) is 2.47. The molecule has 10 heavy (non-hydrogen) atoms. The van der Waals surface area contributed by atoms with Crippen molar-refractivity contribution in [2.75, 3.05) is 0 Å². The molecule has 0 amide bonds. The van der Waals surface area contributed by atoms with Crippen LogP contribution in [0.2, 0.25) is 0 Å². The van der Waals surface area contributed by atoms with E-state index in [1.165, 1.54) is 0 Å². The van der Waals surface area contributed by atoms with Gasteiger partial charge in [-0.25, -0.2) is 0 Å². The van der Waals surface area contributed by atoms with Crippen LogP contribution in [0.4, 0.5) is 0 Å². The van der Waals surface area contributed by atoms with Gasteiger partial charge in [0.25, 0.3) is 0 Å². The summed E-state index contributed by atoms with van der Waals surface area (Å²) in [6, 6.07) is 2.74. The van der Waals surface area contributed by atoms with Crippen LogP contribution in [0, 0.1) is 6.07 Å². The second kappa shape index (κ2) is 1.98. The van der Waals surface area contributed by atoms with E-state index >= 15 is 0 Å². The standard InChI is InChI=1S/C6H5O4/c7-3-1-4(8)6(10)2-5(3)9/h1,7-10H. The maximum atomic E-state index is 8.67. The molecule has 0 heterocycles. The zero-order valence-electron chi connectivity index (χ0n) is 4.87. The summed E-state index contributed by atoms with van der Waals surface area (Å²) in [5, 5.41) is 34.6. The largest absolute Gasteiger partial charge is 0.504 e. The number of phenols is 4. The summed E-state index contributed by atoms with van der Waals surface area (Å²) in [6.07, 6.45) is 0. The van der Waals surface area contributed by atoms with Gasteiger partial charge in [-0.2, -0.15) is 0 Å². The first-order valence-corrected chi connectivity index (χ1v) is 2.47. The fourth-order valence-corrected chi connectivity index (χ4v) is 0.506. The van der Waals surface area contributed by atoms with Crippen LogP contribution in [0.15, 0.2) is 6.07 Å². The van der Waals surface area contributed by atoms with E-state index in [1.54, 1.807) is 0 Å². The number of benzene rings is 1. The summed E-state index contributed by atoms with van der Waals surface area (Å²) in [5.74, 6) is -2.21. The highest BCUT2D eigenvalue weighted by Gasteiger charge is 2.05. The third kappa shape index (κ3) is 0.907. The van der Waals surface area contributed by atoms with E-state index in [1.807, 2.05) is 6.07 Å². The number of rotatable bonds is 0. The van der Waals surface area contributed by atoms with Crippen LogP contribution in [0.5, 0.6) is 23.0 Å². The van der Waals surface area contributed by atoms with Gasteiger partial charge in [0.2, 0.25) is 0 Å². The van der Waals surface area contributed by atoms with Crippen LogP contribution in [-0.4, -0.2) is 20.4 Å². The maximum absolute atomic E-state index is 8.67. The van der Waals surface area contributed by atoms with Crippen molar-refractivity contribution in [2.24, 2.45) is 0 Å². The lowest BCUT2D eigenvalue weighted by Gasteiger charge is -1.98. The summed E-state index contributed by atoms with van der Waals surface area (Å²) in [6.45, 7) is 0. The van der Waals surface area contributed by atoms with Crippen LogP contribution in [0.1, 0.15) is 0 Å². The van der Waals surface area contributed by atoms with Crippen molar-refractivity contribution in [1.29, 1.82) is 0 Å². The molecule has 1 radical (unpaired) electrons. The van der Waals surface area contributed by atoms with E-state index in [-0.39, 0.29) is 0 Å². The Morgan fingerprint density at radius 1 is 0.900 bits per heavy atom. The molecular formula is C6H5O4. The van der Waals surface area contributed by atoms with Crippen LogP contribution < -0.4 is 0 Å². The summed E-state index contributed by atoms with van der Waals surface area (Å²) in [5.41, 5.74) is 0. The van der Waals surface area contributed by atoms with Gasteiger partial charge in [0.05, 0.1) is 6.07 Å². The van der Waals surface area contributed by atoms with E-state index in [4.69, 9.17) is 20.4 Å². The SMILES string of the molecule is Oc1[c]c(O)c(O)cc1O. The number of aromatic hydroxyl groups is 4. The average Bonchev–Trinajstić information content (AvgIpc) is 1.84. The minimum Gasteiger partial charge on any atom is -0.504 e. The van der Waals surface area contributed by atoms with Crippen molar-refractivity contribution < 1.29 is 20.4 Å². The number of hydrogen-bond acceptors (Lipinski definition) is 4. The smallest absolute Gasteiger partial charge is 0.169 e. The maximum Gasteiger partial charge on any atom is 0.169 e. The van der Waals surface area contributed by atoms with Crippen molar-refractivity contribution >= 4 is 0 Å². The van der Waals surface area contributed by atoms with Crippen molar-refractivity contribution in [3.05, 3.63) is 12.1 Å². The Kier molecular flexibility index (Phi) is 1.30. The lowest BCUT2D eigenvalue weighted by Crippen LogP contribution is -1.71. The normalized spacial score (nSPS) is 9.60. The van der Waals surface area contributed by atoms with Gasteiger partial charge in [0.1, 0.15) is 0 Å². The predicted molar refractivity (Wildman–Crippen MR) is 31.9 cm³/mol. The van der Waals surface area contributed by atoms with E-state index in [2.05, 4.69) is 0 Å². The second-order valence-corrected chi connectivity index (χ2v) is 1.74. The van der Waals surface area contributed by atoms with Crippen molar-refractivity contribution in [3.8, 4) is 23.0 Å². The highest BCUT2D eigenvalue weighted by Crippen LogP contribution is 2.35. The Morgan fingerprint density at radius 3 is 1.60 bits per heavy atom. The second-order valence-electron chi connectivity index (χ2n) is 1.74. The Balaban J connectivity index is 3.28. The van der Waals surface area contributed by atoms with Crippen LogP contribution >= 0.6 is 0 Å². The summed E-state index contributed by atoms with van der Waals surface area (Å²) in [4.78, 5) is 0. The number of hydrogen-bond donors (Lipinski definition) is 4. The molecule has 1 rings (SSSR count). The quantitative estimate of drug-likeness (QED) is 0.309. The lowest BCUT2D eigenvalue weighted by atomic mass is 10.3. The van der Waals surface area contributed by atoms with Gasteiger partial charge in [0, 0.05) is 6.07 Å². The van der Waals surface area contributed by atoms with E-state index in [0.29, 0.717) is 0 Å². The molecule has 53 valence electrons. The predicted octanol–water partition coefficient (Wildman–Crippen LogP) is 0.309. The minimum atomic E-state index is -0.588. The van der Waals surface area contributed by atoms with Crippen molar-refractivity contribution in [3.63, 3.8) is 0 Å². The molecule has 0 aromatic heterocycles. The van der Waals surface area contributed by atoms with Crippen LogP contribution in [0.25, 0.3) is 0 Å². The van der Waals surface area contributed by atoms with Gasteiger partial charge in [-0.05, 0) is 0 Å². The van der Waals surface area contributed by atoms with Gasteiger partial charge in [-0.15, -0.1) is 0 Å². The zero-order valence-corrected chi connectivity index (χ0v) is 4.87. The first-order chi connectivity index (χ1) is 4.61. The molecule has 1 aromatic rings. The van der Waals surface area contributed by atoms with E-state index in [0.717, 1.165) is 6.07 Å². The minimum absolute atomic E-state index is 0.518. The molecule has 0 atom stereocenters. The van der Waals surface area contributed by atoms with Gasteiger partial charge in [-0.3, -0.25) is 0 Å². The molecule has 0 spiro atoms. The summed E-state index contributed by atoms with van der Waals surface area (Å²) >= 11 is 0. The Labute approximate surface area is 56.6 Å². The van der Waals surface area contributed by atoms with Gasteiger partial charge in [-0.1, -0.05) is 0 Å². The highest BCUT2D eigenvalue weighted by molar-refractivity contribution is 5.50. The molecule has 0 unspecified atom stereocenters. The molecule has 0 fully saturated rings. The summed E-state index contributed by atoms with van der Waals surface area (Å²) in [7, 11) is 0. The topological polar surface area (TPSA) is 80.9 Å². The molecule has 4 N–H and O–H groups in total.